The Kier molecular flexibility index (Phi) is 5.91. The van der Waals surface area contributed by atoms with E-state index >= 15 is 0 Å². The first-order valence-electron chi connectivity index (χ1n) is 10.0. The highest BCUT2D eigenvalue weighted by atomic mass is 19.1. The number of methoxy groups -OCH3 is 1. The molecule has 5 atom stereocenters. The molecule has 0 spiro atoms. The lowest BCUT2D eigenvalue weighted by Gasteiger charge is -2.40. The van der Waals surface area contributed by atoms with E-state index < -0.39 is 48.2 Å². The third kappa shape index (κ3) is 3.90. The molecule has 1 fully saturated rings. The van der Waals surface area contributed by atoms with Crippen LogP contribution in [0, 0.1) is 5.82 Å². The third-order valence-corrected chi connectivity index (χ3v) is 6.15. The van der Waals surface area contributed by atoms with E-state index in [2.05, 4.69) is 0 Å². The monoisotopic (exact) mass is 424 g/mol. The van der Waals surface area contributed by atoms with Crippen molar-refractivity contribution in [3.8, 4) is 5.75 Å². The minimum absolute atomic E-state index is 0.0105. The molecular weight excluding hydrogens is 401 g/mol. The van der Waals surface area contributed by atoms with E-state index in [1.807, 2.05) is 18.2 Å². The van der Waals surface area contributed by atoms with Gasteiger partial charge in [-0.3, -0.25) is 0 Å². The fraction of sp³-hybridized carbons (Fsp3) is 0.455. The predicted octanol–water partition coefficient (Wildman–Crippen LogP) is -0.0141. The van der Waals surface area contributed by atoms with Crippen molar-refractivity contribution in [2.75, 3.05) is 13.7 Å². The van der Waals surface area contributed by atoms with E-state index in [-0.39, 0.29) is 5.56 Å². The van der Waals surface area contributed by atoms with Crippen molar-refractivity contribution in [1.82, 2.24) is 0 Å². The van der Waals surface area contributed by atoms with Crippen molar-refractivity contribution in [1.29, 1.82) is 0 Å². The molecule has 4 radical (unpaired) electrons. The SMILES string of the molecule is [B]C1([B])Cc2ccc(Cc3cc([C@@H]4O[C@H](CO)[C@@H](O)[C@H](O)[C@H]4O)c(F)cc3OC)cc21. The average Bonchev–Trinajstić information content (AvgIpc) is 2.74. The zero-order valence-electron chi connectivity index (χ0n) is 17.0. The van der Waals surface area contributed by atoms with E-state index in [0.717, 1.165) is 16.7 Å². The molecule has 0 aromatic heterocycles. The number of aliphatic hydroxyl groups is 4. The van der Waals surface area contributed by atoms with Crippen molar-refractivity contribution in [2.45, 2.75) is 48.6 Å². The van der Waals surface area contributed by atoms with Crippen LogP contribution in [0.4, 0.5) is 4.39 Å². The lowest BCUT2D eigenvalue weighted by molar-refractivity contribution is -0.232. The summed E-state index contributed by atoms with van der Waals surface area (Å²) in [5, 5.41) is 39.0. The second-order valence-corrected chi connectivity index (χ2v) is 8.32. The van der Waals surface area contributed by atoms with Gasteiger partial charge in [0.05, 0.1) is 29.4 Å². The van der Waals surface area contributed by atoms with Crippen LogP contribution in [-0.4, -0.2) is 74.3 Å². The highest BCUT2D eigenvalue weighted by molar-refractivity contribution is 6.41. The van der Waals surface area contributed by atoms with Gasteiger partial charge >= 0.3 is 0 Å². The molecule has 0 saturated carbocycles. The lowest BCUT2D eigenvalue weighted by Crippen LogP contribution is -2.55. The van der Waals surface area contributed by atoms with Crippen molar-refractivity contribution >= 4 is 15.7 Å². The number of hydrogen-bond acceptors (Lipinski definition) is 6. The standard InChI is InChI=1S/C22H23B2FO6/c1-30-16-7-15(25)13(21-20(29)19(28)18(27)17(9-26)31-21)6-12(16)4-10-2-3-11-8-22(23,24)14(11)5-10/h2-3,5-7,17-21,26-29H,4,8-9H2,1H3/t17-,18-,19+,20-,21+/m1/s1. The van der Waals surface area contributed by atoms with Gasteiger partial charge < -0.3 is 29.9 Å². The molecule has 4 rings (SSSR count). The van der Waals surface area contributed by atoms with Crippen molar-refractivity contribution in [3.63, 3.8) is 0 Å². The van der Waals surface area contributed by atoms with Crippen LogP contribution < -0.4 is 4.74 Å². The number of halogens is 1. The molecule has 1 saturated heterocycles. The van der Waals surface area contributed by atoms with Crippen LogP contribution in [0.5, 0.6) is 5.75 Å². The van der Waals surface area contributed by atoms with E-state index in [0.29, 0.717) is 24.2 Å². The minimum atomic E-state index is -1.60. The van der Waals surface area contributed by atoms with Crippen LogP contribution in [-0.2, 0) is 22.8 Å². The van der Waals surface area contributed by atoms with Gasteiger partial charge in [0.1, 0.15) is 42.1 Å². The first-order valence-corrected chi connectivity index (χ1v) is 10.0. The van der Waals surface area contributed by atoms with Gasteiger partial charge in [0.2, 0.25) is 0 Å². The van der Waals surface area contributed by atoms with Crippen molar-refractivity contribution < 1.29 is 34.3 Å². The van der Waals surface area contributed by atoms with Crippen LogP contribution in [0.25, 0.3) is 0 Å². The maximum absolute atomic E-state index is 14.9. The Bertz CT molecular complexity index is 983. The highest BCUT2D eigenvalue weighted by Gasteiger charge is 2.45. The summed E-state index contributed by atoms with van der Waals surface area (Å²) in [6.45, 7) is -0.596. The molecule has 31 heavy (non-hydrogen) atoms. The predicted molar refractivity (Wildman–Crippen MR) is 112 cm³/mol. The smallest absolute Gasteiger partial charge is 0.132 e. The molecular formula is C22H23B2FO6. The summed E-state index contributed by atoms with van der Waals surface area (Å²) in [5.74, 6) is -0.398. The van der Waals surface area contributed by atoms with Gasteiger partial charge in [-0.2, -0.15) is 0 Å². The molecule has 4 N–H and O–H groups in total. The van der Waals surface area contributed by atoms with Crippen molar-refractivity contribution in [2.24, 2.45) is 0 Å². The molecule has 160 valence electrons. The highest BCUT2D eigenvalue weighted by Crippen LogP contribution is 2.39. The number of rotatable bonds is 5. The molecule has 1 aliphatic carbocycles. The molecule has 2 aromatic rings. The summed E-state index contributed by atoms with van der Waals surface area (Å²) >= 11 is 0. The van der Waals surface area contributed by atoms with Crippen LogP contribution in [0.2, 0.25) is 0 Å². The van der Waals surface area contributed by atoms with E-state index in [9.17, 15) is 24.8 Å². The van der Waals surface area contributed by atoms with Crippen LogP contribution in [0.3, 0.4) is 0 Å². The molecule has 9 heteroatoms. The van der Waals surface area contributed by atoms with E-state index in [4.69, 9.17) is 25.2 Å². The fourth-order valence-electron chi connectivity index (χ4n) is 4.37. The Morgan fingerprint density at radius 1 is 1.13 bits per heavy atom. The van der Waals surface area contributed by atoms with Gasteiger partial charge in [0, 0.05) is 18.1 Å². The number of hydrogen-bond donors (Lipinski definition) is 4. The zero-order chi connectivity index (χ0) is 22.5. The average molecular weight is 424 g/mol. The maximum Gasteiger partial charge on any atom is 0.132 e. The number of ether oxygens (including phenoxy) is 2. The molecule has 1 heterocycles. The summed E-state index contributed by atoms with van der Waals surface area (Å²) in [7, 11) is 13.5. The summed E-state index contributed by atoms with van der Waals surface area (Å²) in [5.41, 5.74) is 3.45. The maximum atomic E-state index is 14.9. The summed E-state index contributed by atoms with van der Waals surface area (Å²) < 4.78 is 25.7. The largest absolute Gasteiger partial charge is 0.496 e. The molecule has 0 amide bonds. The second-order valence-electron chi connectivity index (χ2n) is 8.32. The number of benzene rings is 2. The molecule has 6 nitrogen and oxygen atoms in total. The Labute approximate surface area is 182 Å². The van der Waals surface area contributed by atoms with Gasteiger partial charge in [-0.25, -0.2) is 4.39 Å². The number of fused-ring (bicyclic) bond motifs is 1. The second kappa shape index (κ2) is 8.22. The van der Waals surface area contributed by atoms with Gasteiger partial charge in [0.25, 0.3) is 0 Å². The summed E-state index contributed by atoms with van der Waals surface area (Å²) in [6.07, 6.45) is -6.15. The molecule has 0 bridgehead atoms. The Morgan fingerprint density at radius 3 is 2.52 bits per heavy atom. The third-order valence-electron chi connectivity index (χ3n) is 6.15. The first kappa shape index (κ1) is 22.3. The van der Waals surface area contributed by atoms with Gasteiger partial charge in [0.15, 0.2) is 0 Å². The minimum Gasteiger partial charge on any atom is -0.496 e. The molecule has 1 aliphatic heterocycles. The summed E-state index contributed by atoms with van der Waals surface area (Å²) in [4.78, 5) is 0. The first-order chi connectivity index (χ1) is 14.7. The van der Waals surface area contributed by atoms with Gasteiger partial charge in [-0.15, -0.1) is 0 Å². The van der Waals surface area contributed by atoms with Crippen LogP contribution in [0.1, 0.15) is 33.9 Å². The molecule has 2 aliphatic rings. The van der Waals surface area contributed by atoms with Crippen LogP contribution in [0.15, 0.2) is 30.3 Å². The van der Waals surface area contributed by atoms with Crippen LogP contribution >= 0.6 is 0 Å². The normalized spacial score (nSPS) is 29.2. The molecule has 2 aromatic carbocycles. The zero-order valence-corrected chi connectivity index (χ0v) is 17.0. The fourth-order valence-corrected chi connectivity index (χ4v) is 4.37. The van der Waals surface area contributed by atoms with Gasteiger partial charge in [-0.05, 0) is 29.2 Å². The lowest BCUT2D eigenvalue weighted by atomic mass is 9.42. The van der Waals surface area contributed by atoms with E-state index in [1.54, 1.807) is 0 Å². The van der Waals surface area contributed by atoms with Crippen molar-refractivity contribution in [3.05, 3.63) is 64.0 Å². The number of aliphatic hydroxyl groups excluding tert-OH is 4. The molecule has 0 unspecified atom stereocenters. The topological polar surface area (TPSA) is 99.4 Å². The Morgan fingerprint density at radius 2 is 1.87 bits per heavy atom. The summed E-state index contributed by atoms with van der Waals surface area (Å²) in [6, 6.07) is 8.48. The Balaban J connectivity index is 1.69. The quantitative estimate of drug-likeness (QED) is 0.505. The van der Waals surface area contributed by atoms with Gasteiger partial charge in [-0.1, -0.05) is 29.0 Å². The van der Waals surface area contributed by atoms with E-state index in [1.165, 1.54) is 19.2 Å². The Hall–Kier alpha value is -1.90.